The number of aromatic nitrogens is 3. The average molecular weight is 598 g/mol. The highest BCUT2D eigenvalue weighted by molar-refractivity contribution is 6.09. The van der Waals surface area contributed by atoms with Crippen molar-refractivity contribution in [3.05, 3.63) is 59.4 Å². The quantitative estimate of drug-likeness (QED) is 0.204. The molecule has 228 valence electrons. The molecule has 0 saturated heterocycles. The van der Waals surface area contributed by atoms with Crippen molar-refractivity contribution >= 4 is 34.2 Å². The summed E-state index contributed by atoms with van der Waals surface area (Å²) in [6, 6.07) is 9.52. The fourth-order valence-electron chi connectivity index (χ4n) is 5.75. The molecule has 0 unspecified atom stereocenters. The molecule has 11 heteroatoms. The van der Waals surface area contributed by atoms with Crippen LogP contribution in [0.4, 0.5) is 11.4 Å². The minimum atomic E-state index is -0.642. The Balaban J connectivity index is 1.51. The number of nitrogens with two attached hydrogens (primary N) is 1. The number of nitrogens with zero attached hydrogens (tertiary/aromatic N) is 3. The van der Waals surface area contributed by atoms with Gasteiger partial charge in [-0.3, -0.25) is 9.78 Å². The summed E-state index contributed by atoms with van der Waals surface area (Å²) in [5.41, 5.74) is 10.5. The van der Waals surface area contributed by atoms with Crippen molar-refractivity contribution < 1.29 is 28.5 Å². The van der Waals surface area contributed by atoms with Crippen LogP contribution in [0.3, 0.4) is 0 Å². The van der Waals surface area contributed by atoms with Gasteiger partial charge in [-0.1, -0.05) is 12.8 Å². The van der Waals surface area contributed by atoms with Gasteiger partial charge in [-0.05, 0) is 73.4 Å². The third kappa shape index (κ3) is 5.95. The number of hydrogen-bond acceptors (Lipinski definition) is 10. The smallest absolute Gasteiger partial charge is 0.337 e. The number of hydrogen-bond donors (Lipinski definition) is 2. The summed E-state index contributed by atoms with van der Waals surface area (Å²) in [6.45, 7) is 0.537. The predicted octanol–water partition coefficient (Wildman–Crippen LogP) is 5.78. The van der Waals surface area contributed by atoms with Crippen molar-refractivity contribution in [3.8, 4) is 28.8 Å². The molecule has 4 aromatic rings. The van der Waals surface area contributed by atoms with E-state index in [4.69, 9.17) is 24.7 Å². The zero-order chi connectivity index (χ0) is 30.8. The first kappa shape index (κ1) is 29.2. The number of benzene rings is 2. The molecule has 2 saturated carbocycles. The number of pyridine rings is 1. The lowest BCUT2D eigenvalue weighted by Crippen LogP contribution is -2.14. The molecule has 2 aromatic carbocycles. The Kier molecular flexibility index (Phi) is 8.19. The Bertz CT molecular complexity index is 1730. The largest absolute Gasteiger partial charge is 0.493 e. The van der Waals surface area contributed by atoms with Crippen LogP contribution in [0.15, 0.2) is 42.7 Å². The van der Waals surface area contributed by atoms with E-state index in [-0.39, 0.29) is 11.6 Å². The minimum absolute atomic E-state index is 0.175. The predicted molar refractivity (Wildman–Crippen MR) is 165 cm³/mol. The Morgan fingerprint density at radius 3 is 2.41 bits per heavy atom. The van der Waals surface area contributed by atoms with Gasteiger partial charge in [0.15, 0.2) is 0 Å². The second kappa shape index (κ2) is 12.4. The summed E-state index contributed by atoms with van der Waals surface area (Å²) < 4.78 is 22.2. The zero-order valence-electron chi connectivity index (χ0n) is 25.0. The lowest BCUT2D eigenvalue weighted by molar-refractivity contribution is 0.0600. The molecule has 2 fully saturated rings. The maximum absolute atomic E-state index is 12.7. The molecule has 2 heterocycles. The summed E-state index contributed by atoms with van der Waals surface area (Å²) in [6.07, 6.45) is 9.69. The lowest BCUT2D eigenvalue weighted by Gasteiger charge is -2.19. The van der Waals surface area contributed by atoms with E-state index in [0.717, 1.165) is 44.1 Å². The molecule has 3 N–H and O–H groups in total. The van der Waals surface area contributed by atoms with E-state index in [2.05, 4.69) is 20.3 Å². The van der Waals surface area contributed by atoms with Crippen molar-refractivity contribution in [1.29, 1.82) is 0 Å². The van der Waals surface area contributed by atoms with Gasteiger partial charge in [0.25, 0.3) is 5.91 Å². The SMILES string of the molecule is COC(=O)c1cc(Nc2c(C(N)=O)cnc3cc(-c4cnc(OC)nc4OC)c(OCC4CC4)cc23)cc(C2CCCC2)c1. The number of fused-ring (bicyclic) bond motifs is 1. The zero-order valence-corrected chi connectivity index (χ0v) is 25.0. The van der Waals surface area contributed by atoms with E-state index in [1.165, 1.54) is 27.5 Å². The van der Waals surface area contributed by atoms with Crippen LogP contribution in [0.1, 0.15) is 70.7 Å². The third-order valence-electron chi connectivity index (χ3n) is 8.28. The number of carbonyl (C=O) groups is 2. The lowest BCUT2D eigenvalue weighted by atomic mass is 9.95. The molecule has 0 spiro atoms. The van der Waals surface area contributed by atoms with E-state index >= 15 is 0 Å². The van der Waals surface area contributed by atoms with E-state index in [1.54, 1.807) is 12.3 Å². The number of rotatable bonds is 11. The van der Waals surface area contributed by atoms with Crippen molar-refractivity contribution in [2.75, 3.05) is 33.3 Å². The summed E-state index contributed by atoms with van der Waals surface area (Å²) in [5.74, 6) is 0.624. The van der Waals surface area contributed by atoms with Crippen molar-refractivity contribution in [1.82, 2.24) is 15.0 Å². The summed E-state index contributed by atoms with van der Waals surface area (Å²) in [7, 11) is 4.38. The number of esters is 1. The first-order valence-electron chi connectivity index (χ1n) is 14.7. The molecule has 11 nitrogen and oxygen atoms in total. The van der Waals surface area contributed by atoms with Gasteiger partial charge < -0.3 is 30.0 Å². The highest BCUT2D eigenvalue weighted by Crippen LogP contribution is 2.43. The fraction of sp³-hybridized carbons (Fsp3) is 0.364. The topological polar surface area (TPSA) is 148 Å². The van der Waals surface area contributed by atoms with Crippen molar-refractivity contribution in [3.63, 3.8) is 0 Å². The molecule has 6 rings (SSSR count). The number of amides is 1. The van der Waals surface area contributed by atoms with Gasteiger partial charge >= 0.3 is 12.0 Å². The molecule has 0 aliphatic heterocycles. The maximum atomic E-state index is 12.7. The fourth-order valence-corrected chi connectivity index (χ4v) is 5.75. The number of ether oxygens (including phenoxy) is 4. The Hall–Kier alpha value is -4.93. The number of primary amides is 1. The van der Waals surface area contributed by atoms with Gasteiger partial charge in [0.05, 0.1) is 55.8 Å². The van der Waals surface area contributed by atoms with Crippen LogP contribution >= 0.6 is 0 Å². The Morgan fingerprint density at radius 1 is 0.932 bits per heavy atom. The molecule has 1 amide bonds. The molecular formula is C33H35N5O6. The van der Waals surface area contributed by atoms with Gasteiger partial charge in [-0.15, -0.1) is 0 Å². The second-order valence-electron chi connectivity index (χ2n) is 11.3. The summed E-state index contributed by atoms with van der Waals surface area (Å²) in [5, 5.41) is 4.03. The van der Waals surface area contributed by atoms with E-state index in [1.807, 2.05) is 24.3 Å². The minimum Gasteiger partial charge on any atom is -0.493 e. The van der Waals surface area contributed by atoms with Gasteiger partial charge in [0.1, 0.15) is 5.75 Å². The normalized spacial score (nSPS) is 14.8. The first-order chi connectivity index (χ1) is 21.4. The summed E-state index contributed by atoms with van der Waals surface area (Å²) >= 11 is 0. The molecule has 2 aromatic heterocycles. The highest BCUT2D eigenvalue weighted by Gasteiger charge is 2.25. The second-order valence-corrected chi connectivity index (χ2v) is 11.3. The number of anilines is 2. The van der Waals surface area contributed by atoms with Crippen LogP contribution in [-0.2, 0) is 4.74 Å². The molecule has 2 aliphatic rings. The highest BCUT2D eigenvalue weighted by atomic mass is 16.5. The number of carbonyl (C=O) groups excluding carboxylic acids is 2. The monoisotopic (exact) mass is 597 g/mol. The number of nitrogens with one attached hydrogen (secondary N) is 1. The van der Waals surface area contributed by atoms with Gasteiger partial charge in [-0.2, -0.15) is 4.98 Å². The van der Waals surface area contributed by atoms with Gasteiger partial charge in [0, 0.05) is 29.0 Å². The molecule has 0 bridgehead atoms. The Morgan fingerprint density at radius 2 is 1.73 bits per heavy atom. The van der Waals surface area contributed by atoms with E-state index in [9.17, 15) is 9.59 Å². The van der Waals surface area contributed by atoms with Crippen molar-refractivity contribution in [2.24, 2.45) is 11.7 Å². The van der Waals surface area contributed by atoms with E-state index in [0.29, 0.717) is 69.0 Å². The standard InChI is InChI=1S/C33H35N5O6/c1-41-31-25(15-36-33(38-31)43-3)23-13-27-24(14-28(23)44-17-18-8-9-18)29(26(16-35-27)30(34)39)37-22-11-20(19-6-4-5-7-19)10-21(12-22)32(40)42-2/h10-16,18-19H,4-9,17H2,1-3H3,(H2,34,39)(H,35,37). The third-order valence-corrected chi connectivity index (χ3v) is 8.28. The maximum Gasteiger partial charge on any atom is 0.337 e. The molecule has 2 aliphatic carbocycles. The van der Waals surface area contributed by atoms with Gasteiger partial charge in [-0.25, -0.2) is 9.78 Å². The molecular weight excluding hydrogens is 562 g/mol. The van der Waals surface area contributed by atoms with Crippen LogP contribution in [0.5, 0.6) is 17.6 Å². The van der Waals surface area contributed by atoms with Crippen LogP contribution in [0.2, 0.25) is 0 Å². The van der Waals surface area contributed by atoms with Crippen molar-refractivity contribution in [2.45, 2.75) is 44.4 Å². The molecule has 0 atom stereocenters. The van der Waals surface area contributed by atoms with Crippen LogP contribution < -0.4 is 25.3 Å². The molecule has 0 radical (unpaired) electrons. The van der Waals surface area contributed by atoms with Gasteiger partial charge in [0.2, 0.25) is 5.88 Å². The first-order valence-corrected chi connectivity index (χ1v) is 14.7. The average Bonchev–Trinajstić information content (AvgIpc) is 3.71. The van der Waals surface area contributed by atoms with E-state index < -0.39 is 11.9 Å². The number of methoxy groups -OCH3 is 3. The Labute approximate surface area is 255 Å². The van der Waals surface area contributed by atoms with Crippen LogP contribution in [0.25, 0.3) is 22.0 Å². The van der Waals surface area contributed by atoms with Crippen LogP contribution in [0, 0.1) is 5.92 Å². The summed E-state index contributed by atoms with van der Waals surface area (Å²) in [4.78, 5) is 38.6. The molecule has 44 heavy (non-hydrogen) atoms. The van der Waals surface area contributed by atoms with Crippen LogP contribution in [-0.4, -0.2) is 54.8 Å².